The molecule has 2 aromatic rings. The van der Waals surface area contributed by atoms with E-state index < -0.39 is 6.04 Å². The Labute approximate surface area is 129 Å². The standard InChI is InChI=1S/C17H20N2O3/c1-4-14-16-12(11-7-5-6-8-13(11)18-16)9-15(17(21)22-3)19(14)10(2)20/h5-8,14-15,18H,4,9H2,1-3H3/t14-,15+/m1/s1. The van der Waals surface area contributed by atoms with Crippen molar-refractivity contribution < 1.29 is 14.3 Å². The summed E-state index contributed by atoms with van der Waals surface area (Å²) in [4.78, 5) is 29.4. The minimum absolute atomic E-state index is 0.105. The van der Waals surface area contributed by atoms with Gasteiger partial charge in [0, 0.05) is 29.9 Å². The molecule has 2 heterocycles. The minimum Gasteiger partial charge on any atom is -0.467 e. The molecule has 116 valence electrons. The number of carbonyl (C=O) groups is 2. The highest BCUT2D eigenvalue weighted by Crippen LogP contribution is 2.39. The predicted octanol–water partition coefficient (Wildman–Crippen LogP) is 2.57. The van der Waals surface area contributed by atoms with E-state index in [-0.39, 0.29) is 17.9 Å². The topological polar surface area (TPSA) is 62.4 Å². The summed E-state index contributed by atoms with van der Waals surface area (Å²) in [5.74, 6) is -0.462. The molecule has 1 N–H and O–H groups in total. The Hall–Kier alpha value is -2.30. The number of para-hydroxylation sites is 1. The number of nitrogens with zero attached hydrogens (tertiary/aromatic N) is 1. The summed E-state index contributed by atoms with van der Waals surface area (Å²) in [6, 6.07) is 7.35. The fourth-order valence-electron chi connectivity index (χ4n) is 3.55. The molecule has 1 aromatic heterocycles. The lowest BCUT2D eigenvalue weighted by molar-refractivity contribution is -0.155. The molecule has 0 fully saturated rings. The highest BCUT2D eigenvalue weighted by Gasteiger charge is 2.41. The van der Waals surface area contributed by atoms with Crippen LogP contribution in [0.5, 0.6) is 0 Å². The van der Waals surface area contributed by atoms with Crippen molar-refractivity contribution in [3.8, 4) is 0 Å². The molecule has 0 bridgehead atoms. The van der Waals surface area contributed by atoms with Gasteiger partial charge >= 0.3 is 5.97 Å². The van der Waals surface area contributed by atoms with Crippen molar-refractivity contribution in [1.29, 1.82) is 0 Å². The summed E-state index contributed by atoms with van der Waals surface area (Å²) in [7, 11) is 1.37. The van der Waals surface area contributed by atoms with Gasteiger partial charge in [0.2, 0.25) is 5.91 Å². The third kappa shape index (κ3) is 2.08. The Bertz CT molecular complexity index is 735. The van der Waals surface area contributed by atoms with Gasteiger partial charge in [0.15, 0.2) is 0 Å². The summed E-state index contributed by atoms with van der Waals surface area (Å²) >= 11 is 0. The summed E-state index contributed by atoms with van der Waals surface area (Å²) in [5, 5.41) is 1.12. The van der Waals surface area contributed by atoms with Gasteiger partial charge < -0.3 is 14.6 Å². The number of hydrogen-bond donors (Lipinski definition) is 1. The lowest BCUT2D eigenvalue weighted by atomic mass is 9.90. The van der Waals surface area contributed by atoms with Crippen LogP contribution < -0.4 is 0 Å². The number of aromatic nitrogens is 1. The van der Waals surface area contributed by atoms with E-state index in [1.807, 2.05) is 25.1 Å². The van der Waals surface area contributed by atoms with Gasteiger partial charge in [-0.3, -0.25) is 4.79 Å². The lowest BCUT2D eigenvalue weighted by Crippen LogP contribution is -2.50. The third-order valence-corrected chi connectivity index (χ3v) is 4.47. The predicted molar refractivity (Wildman–Crippen MR) is 83.4 cm³/mol. The second-order valence-corrected chi connectivity index (χ2v) is 5.66. The Morgan fingerprint density at radius 1 is 1.36 bits per heavy atom. The fourth-order valence-corrected chi connectivity index (χ4v) is 3.55. The number of aromatic amines is 1. The second-order valence-electron chi connectivity index (χ2n) is 5.66. The smallest absolute Gasteiger partial charge is 0.328 e. The number of nitrogens with one attached hydrogen (secondary N) is 1. The van der Waals surface area contributed by atoms with Crippen LogP contribution in [0.15, 0.2) is 24.3 Å². The molecule has 0 saturated heterocycles. The lowest BCUT2D eigenvalue weighted by Gasteiger charge is -2.39. The van der Waals surface area contributed by atoms with E-state index in [0.29, 0.717) is 6.42 Å². The van der Waals surface area contributed by atoms with E-state index in [1.165, 1.54) is 14.0 Å². The van der Waals surface area contributed by atoms with Crippen LogP contribution in [0, 0.1) is 0 Å². The Morgan fingerprint density at radius 3 is 2.73 bits per heavy atom. The molecule has 0 unspecified atom stereocenters. The highest BCUT2D eigenvalue weighted by atomic mass is 16.5. The SMILES string of the molecule is CC[C@@H]1c2[nH]c3ccccc3c2C[C@@H](C(=O)OC)N1C(C)=O. The molecular formula is C17H20N2O3. The number of benzene rings is 1. The maximum Gasteiger partial charge on any atom is 0.328 e. The second kappa shape index (κ2) is 5.48. The van der Waals surface area contributed by atoms with Crippen molar-refractivity contribution in [1.82, 2.24) is 9.88 Å². The molecule has 0 radical (unpaired) electrons. The largest absolute Gasteiger partial charge is 0.467 e. The molecule has 0 saturated carbocycles. The number of esters is 1. The van der Waals surface area contributed by atoms with Gasteiger partial charge in [-0.2, -0.15) is 0 Å². The van der Waals surface area contributed by atoms with Gasteiger partial charge in [-0.1, -0.05) is 25.1 Å². The zero-order valence-electron chi connectivity index (χ0n) is 13.1. The average molecular weight is 300 g/mol. The number of methoxy groups -OCH3 is 1. The monoisotopic (exact) mass is 300 g/mol. The summed E-state index contributed by atoms with van der Waals surface area (Å²) in [5.41, 5.74) is 3.20. The zero-order valence-corrected chi connectivity index (χ0v) is 13.1. The Kier molecular flexibility index (Phi) is 3.64. The molecule has 5 nitrogen and oxygen atoms in total. The van der Waals surface area contributed by atoms with Crippen molar-refractivity contribution in [3.63, 3.8) is 0 Å². The number of hydrogen-bond acceptors (Lipinski definition) is 3. The van der Waals surface area contributed by atoms with Gasteiger partial charge in [-0.05, 0) is 18.1 Å². The minimum atomic E-state index is -0.556. The van der Waals surface area contributed by atoms with Gasteiger partial charge in [0.1, 0.15) is 6.04 Å². The maximum absolute atomic E-state index is 12.2. The first kappa shape index (κ1) is 14.6. The van der Waals surface area contributed by atoms with Crippen LogP contribution in [0.4, 0.5) is 0 Å². The maximum atomic E-state index is 12.2. The van der Waals surface area contributed by atoms with E-state index in [9.17, 15) is 9.59 Å². The molecule has 1 aliphatic rings. The van der Waals surface area contributed by atoms with Crippen molar-refractivity contribution in [3.05, 3.63) is 35.5 Å². The molecular weight excluding hydrogens is 280 g/mol. The molecule has 1 aliphatic heterocycles. The quantitative estimate of drug-likeness (QED) is 0.867. The van der Waals surface area contributed by atoms with Crippen LogP contribution in [0.3, 0.4) is 0 Å². The van der Waals surface area contributed by atoms with E-state index in [1.54, 1.807) is 4.90 Å². The van der Waals surface area contributed by atoms with Crippen LogP contribution in [0.2, 0.25) is 0 Å². The molecule has 5 heteroatoms. The van der Waals surface area contributed by atoms with Crippen molar-refractivity contribution in [2.45, 2.75) is 38.8 Å². The number of carbonyl (C=O) groups excluding carboxylic acids is 2. The third-order valence-electron chi connectivity index (χ3n) is 4.47. The number of rotatable bonds is 2. The first-order valence-corrected chi connectivity index (χ1v) is 7.54. The molecule has 2 atom stereocenters. The zero-order chi connectivity index (χ0) is 15.9. The van der Waals surface area contributed by atoms with Crippen LogP contribution in [-0.4, -0.2) is 34.9 Å². The Balaban J connectivity index is 2.19. The summed E-state index contributed by atoms with van der Waals surface area (Å²) in [6.45, 7) is 3.53. The fraction of sp³-hybridized carbons (Fsp3) is 0.412. The first-order valence-electron chi connectivity index (χ1n) is 7.54. The van der Waals surface area contributed by atoms with Gasteiger partial charge in [0.25, 0.3) is 0 Å². The number of ether oxygens (including phenoxy) is 1. The molecule has 1 amide bonds. The molecule has 1 aromatic carbocycles. The molecule has 3 rings (SSSR count). The highest BCUT2D eigenvalue weighted by molar-refractivity contribution is 5.89. The average Bonchev–Trinajstić information content (AvgIpc) is 2.90. The van der Waals surface area contributed by atoms with Gasteiger partial charge in [-0.25, -0.2) is 4.79 Å². The first-order chi connectivity index (χ1) is 10.6. The van der Waals surface area contributed by atoms with E-state index in [0.717, 1.165) is 28.6 Å². The summed E-state index contributed by atoms with van der Waals surface area (Å²) in [6.07, 6.45) is 1.23. The van der Waals surface area contributed by atoms with Crippen LogP contribution in [0.1, 0.15) is 37.6 Å². The number of fused-ring (bicyclic) bond motifs is 3. The van der Waals surface area contributed by atoms with Crippen LogP contribution >= 0.6 is 0 Å². The molecule has 0 spiro atoms. The number of H-pyrrole nitrogens is 1. The summed E-state index contributed by atoms with van der Waals surface area (Å²) < 4.78 is 4.92. The van der Waals surface area contributed by atoms with Crippen molar-refractivity contribution >= 4 is 22.8 Å². The number of amides is 1. The van der Waals surface area contributed by atoms with Crippen LogP contribution in [-0.2, 0) is 20.7 Å². The van der Waals surface area contributed by atoms with Gasteiger partial charge in [-0.15, -0.1) is 0 Å². The van der Waals surface area contributed by atoms with E-state index in [2.05, 4.69) is 11.1 Å². The van der Waals surface area contributed by atoms with Crippen LogP contribution in [0.25, 0.3) is 10.9 Å². The van der Waals surface area contributed by atoms with E-state index >= 15 is 0 Å². The molecule has 0 aliphatic carbocycles. The van der Waals surface area contributed by atoms with E-state index in [4.69, 9.17) is 4.74 Å². The Morgan fingerprint density at radius 2 is 2.09 bits per heavy atom. The normalized spacial score (nSPS) is 20.8. The van der Waals surface area contributed by atoms with Gasteiger partial charge in [0.05, 0.1) is 13.2 Å². The van der Waals surface area contributed by atoms with Crippen molar-refractivity contribution in [2.24, 2.45) is 0 Å². The van der Waals surface area contributed by atoms with Crippen molar-refractivity contribution in [2.75, 3.05) is 7.11 Å². The molecule has 22 heavy (non-hydrogen) atoms.